The van der Waals surface area contributed by atoms with Crippen LogP contribution in [0.15, 0.2) is 69.0 Å². The van der Waals surface area contributed by atoms with E-state index < -0.39 is 0 Å². The van der Waals surface area contributed by atoms with Gasteiger partial charge in [-0.2, -0.15) is 0 Å². The van der Waals surface area contributed by atoms with Gasteiger partial charge in [0, 0.05) is 28.2 Å². The zero-order chi connectivity index (χ0) is 24.2. The van der Waals surface area contributed by atoms with E-state index in [1.807, 2.05) is 75.4 Å². The molecule has 3 aromatic rings. The first kappa shape index (κ1) is 24.8. The van der Waals surface area contributed by atoms with Gasteiger partial charge in [0.05, 0.1) is 28.8 Å². The number of amidine groups is 1. The van der Waals surface area contributed by atoms with Gasteiger partial charge in [-0.3, -0.25) is 9.69 Å². The van der Waals surface area contributed by atoms with Gasteiger partial charge in [-0.25, -0.2) is 4.99 Å². The number of nitrogens with zero attached hydrogens (tertiary/aromatic N) is 3. The fourth-order valence-corrected chi connectivity index (χ4v) is 5.24. The van der Waals surface area contributed by atoms with Crippen molar-refractivity contribution >= 4 is 62.1 Å². The second kappa shape index (κ2) is 11.0. The number of carbonyl (C=O) groups is 1. The van der Waals surface area contributed by atoms with Gasteiger partial charge in [-0.05, 0) is 96.5 Å². The number of halogens is 2. The fraction of sp³-hybridized carbons (Fsp3) is 0.231. The highest BCUT2D eigenvalue weighted by molar-refractivity contribution is 9.10. The molecule has 0 saturated carbocycles. The van der Waals surface area contributed by atoms with Crippen LogP contribution in [0.4, 0.5) is 5.69 Å². The minimum Gasteiger partial charge on any atom is -0.380 e. The molecule has 1 aliphatic rings. The number of para-hydroxylation sites is 1. The minimum atomic E-state index is -0.0594. The highest BCUT2D eigenvalue weighted by Gasteiger charge is 2.33. The number of benzene rings is 2. The van der Waals surface area contributed by atoms with Gasteiger partial charge in [0.1, 0.15) is 0 Å². The number of carbonyl (C=O) groups excluding carboxylic acids is 1. The third-order valence-corrected chi connectivity index (χ3v) is 7.69. The average Bonchev–Trinajstić information content (AvgIpc) is 3.26. The molecule has 0 atom stereocenters. The van der Waals surface area contributed by atoms with Crippen molar-refractivity contribution in [3.63, 3.8) is 0 Å². The van der Waals surface area contributed by atoms with Crippen LogP contribution in [0.25, 0.3) is 11.8 Å². The summed E-state index contributed by atoms with van der Waals surface area (Å²) >= 11 is 11.2. The minimum absolute atomic E-state index is 0.0594. The van der Waals surface area contributed by atoms with E-state index >= 15 is 0 Å². The normalized spacial score (nSPS) is 16.3. The van der Waals surface area contributed by atoms with E-state index in [4.69, 9.17) is 21.3 Å². The summed E-state index contributed by atoms with van der Waals surface area (Å²) in [5.74, 6) is -0.0594. The van der Waals surface area contributed by atoms with Gasteiger partial charge in [-0.15, -0.1) is 0 Å². The lowest BCUT2D eigenvalue weighted by atomic mass is 10.2. The second-order valence-corrected chi connectivity index (χ2v) is 10.0. The van der Waals surface area contributed by atoms with Crippen molar-refractivity contribution in [3.8, 4) is 5.69 Å². The molecule has 34 heavy (non-hydrogen) atoms. The number of thioether (sulfide) groups is 1. The number of hydrogen-bond acceptors (Lipinski definition) is 4. The molecule has 0 bridgehead atoms. The van der Waals surface area contributed by atoms with Crippen molar-refractivity contribution in [2.45, 2.75) is 20.8 Å². The standard InChI is InChI=1S/C26H25BrClN3O2S/c1-4-33-13-12-30-25(32)24(34-26(30)29-20-8-6-5-7-9-20)15-19-14-17(2)31(18(19)3)21-10-11-22(27)23(28)16-21/h5-11,14-16H,4,12-13H2,1-3H3/b24-15-,29-26?. The lowest BCUT2D eigenvalue weighted by Gasteiger charge is -2.15. The topological polar surface area (TPSA) is 46.8 Å². The molecule has 0 aliphatic carbocycles. The molecular formula is C26H25BrClN3O2S. The smallest absolute Gasteiger partial charge is 0.266 e. The molecule has 2 aromatic carbocycles. The quantitative estimate of drug-likeness (QED) is 0.228. The molecule has 0 N–H and O–H groups in total. The predicted molar refractivity (Wildman–Crippen MR) is 145 cm³/mol. The van der Waals surface area contributed by atoms with Crippen LogP contribution in [0.3, 0.4) is 0 Å². The van der Waals surface area contributed by atoms with E-state index in [9.17, 15) is 4.79 Å². The van der Waals surface area contributed by atoms with Crippen LogP contribution < -0.4 is 0 Å². The molecule has 176 valence electrons. The number of aliphatic imine (C=N–C) groups is 1. The summed E-state index contributed by atoms with van der Waals surface area (Å²) in [6, 6.07) is 17.6. The summed E-state index contributed by atoms with van der Waals surface area (Å²) in [6.45, 7) is 7.56. The van der Waals surface area contributed by atoms with E-state index in [2.05, 4.69) is 26.6 Å². The highest BCUT2D eigenvalue weighted by Crippen LogP contribution is 2.35. The Labute approximate surface area is 217 Å². The van der Waals surface area contributed by atoms with E-state index in [-0.39, 0.29) is 5.91 Å². The molecule has 2 heterocycles. The predicted octanol–water partition coefficient (Wildman–Crippen LogP) is 7.15. The van der Waals surface area contributed by atoms with Crippen molar-refractivity contribution in [1.29, 1.82) is 0 Å². The van der Waals surface area contributed by atoms with Crippen LogP contribution in [0.5, 0.6) is 0 Å². The summed E-state index contributed by atoms with van der Waals surface area (Å²) in [7, 11) is 0. The van der Waals surface area contributed by atoms with E-state index in [1.165, 1.54) is 11.8 Å². The second-order valence-electron chi connectivity index (χ2n) is 7.75. The number of aromatic nitrogens is 1. The van der Waals surface area contributed by atoms with Crippen LogP contribution in [0.1, 0.15) is 23.9 Å². The molecule has 8 heteroatoms. The van der Waals surface area contributed by atoms with Gasteiger partial charge in [0.15, 0.2) is 5.17 Å². The lowest BCUT2D eigenvalue weighted by Crippen LogP contribution is -2.32. The maximum Gasteiger partial charge on any atom is 0.266 e. The molecule has 0 unspecified atom stereocenters. The van der Waals surface area contributed by atoms with Gasteiger partial charge in [0.2, 0.25) is 0 Å². The third-order valence-electron chi connectivity index (χ3n) is 5.45. The Morgan fingerprint density at radius 1 is 1.15 bits per heavy atom. The SMILES string of the molecule is CCOCCN1C(=O)/C(=C/c2cc(C)n(-c3ccc(Br)c(Cl)c3)c2C)SC1=Nc1ccccc1. The third kappa shape index (κ3) is 5.33. The summed E-state index contributed by atoms with van der Waals surface area (Å²) in [6.07, 6.45) is 1.95. The molecule has 5 nitrogen and oxygen atoms in total. The number of hydrogen-bond donors (Lipinski definition) is 0. The summed E-state index contributed by atoms with van der Waals surface area (Å²) in [4.78, 5) is 20.4. The van der Waals surface area contributed by atoms with Crippen molar-refractivity contribution in [3.05, 3.63) is 85.9 Å². The first-order valence-corrected chi connectivity index (χ1v) is 12.9. The maximum atomic E-state index is 13.3. The number of rotatable bonds is 7. The van der Waals surface area contributed by atoms with Gasteiger partial charge < -0.3 is 9.30 Å². The van der Waals surface area contributed by atoms with Crippen molar-refractivity contribution in [2.75, 3.05) is 19.8 Å². The van der Waals surface area contributed by atoms with E-state index in [0.29, 0.717) is 34.9 Å². The Balaban J connectivity index is 1.69. The molecule has 4 rings (SSSR count). The van der Waals surface area contributed by atoms with Gasteiger partial charge in [0.25, 0.3) is 5.91 Å². The van der Waals surface area contributed by atoms with Crippen LogP contribution >= 0.6 is 39.3 Å². The largest absolute Gasteiger partial charge is 0.380 e. The Bertz CT molecular complexity index is 1270. The molecule has 0 spiro atoms. The number of aryl methyl sites for hydroxylation is 1. The number of amides is 1. The molecule has 0 radical (unpaired) electrons. The average molecular weight is 559 g/mol. The van der Waals surface area contributed by atoms with Crippen molar-refractivity contribution in [2.24, 2.45) is 4.99 Å². The zero-order valence-corrected chi connectivity index (χ0v) is 22.4. The molecule has 1 aromatic heterocycles. The Hall–Kier alpha value is -2.32. The lowest BCUT2D eigenvalue weighted by molar-refractivity contribution is -0.122. The summed E-state index contributed by atoms with van der Waals surface area (Å²) in [5.41, 5.74) is 4.86. The van der Waals surface area contributed by atoms with Gasteiger partial charge >= 0.3 is 0 Å². The molecule has 1 amide bonds. The van der Waals surface area contributed by atoms with Crippen LogP contribution in [0.2, 0.25) is 5.02 Å². The number of ether oxygens (including phenoxy) is 1. The van der Waals surface area contributed by atoms with Crippen LogP contribution in [-0.2, 0) is 9.53 Å². The van der Waals surface area contributed by atoms with Crippen LogP contribution in [0, 0.1) is 13.8 Å². The van der Waals surface area contributed by atoms with E-state index in [1.54, 1.807) is 4.90 Å². The van der Waals surface area contributed by atoms with Crippen molar-refractivity contribution in [1.82, 2.24) is 9.47 Å². The monoisotopic (exact) mass is 557 g/mol. The molecule has 1 saturated heterocycles. The first-order valence-electron chi connectivity index (χ1n) is 11.0. The first-order chi connectivity index (χ1) is 16.4. The molecule has 1 fully saturated rings. The highest BCUT2D eigenvalue weighted by atomic mass is 79.9. The maximum absolute atomic E-state index is 13.3. The van der Waals surface area contributed by atoms with Crippen LogP contribution in [-0.4, -0.2) is 40.3 Å². The fourth-order valence-electron chi connectivity index (χ4n) is 3.80. The van der Waals surface area contributed by atoms with Crippen molar-refractivity contribution < 1.29 is 9.53 Å². The van der Waals surface area contributed by atoms with E-state index in [0.717, 1.165) is 32.8 Å². The summed E-state index contributed by atoms with van der Waals surface area (Å²) in [5, 5.41) is 1.31. The zero-order valence-electron chi connectivity index (χ0n) is 19.2. The molecule has 1 aliphatic heterocycles. The Morgan fingerprint density at radius 2 is 1.91 bits per heavy atom. The Kier molecular flexibility index (Phi) is 7.99. The summed E-state index contributed by atoms with van der Waals surface area (Å²) < 4.78 is 8.50. The molecular weight excluding hydrogens is 534 g/mol. The van der Waals surface area contributed by atoms with Gasteiger partial charge in [-0.1, -0.05) is 29.8 Å². The Morgan fingerprint density at radius 3 is 2.62 bits per heavy atom.